The summed E-state index contributed by atoms with van der Waals surface area (Å²) >= 11 is 1.74. The molecule has 0 N–H and O–H groups in total. The first-order valence-electron chi connectivity index (χ1n) is 3.00. The van der Waals surface area contributed by atoms with E-state index in [-0.39, 0.29) is 0 Å². The first kappa shape index (κ1) is 6.56. The van der Waals surface area contributed by atoms with Crippen molar-refractivity contribution < 1.29 is 0 Å². The first-order valence-corrected chi connectivity index (χ1v) is 3.94. The largest absolute Gasteiger partial charge is 0.152 e. The van der Waals surface area contributed by atoms with E-state index in [0.717, 1.165) is 0 Å². The molecule has 0 aromatic carbocycles. The summed E-state index contributed by atoms with van der Waals surface area (Å²) in [5.41, 5.74) is 2.71. The fourth-order valence-electron chi connectivity index (χ4n) is 0.656. The summed E-state index contributed by atoms with van der Waals surface area (Å²) in [4.78, 5) is 0. The van der Waals surface area contributed by atoms with E-state index < -0.39 is 0 Å². The van der Waals surface area contributed by atoms with Gasteiger partial charge in [-0.3, -0.25) is 0 Å². The maximum Gasteiger partial charge on any atom is -0.00182 e. The Morgan fingerprint density at radius 3 is 2.89 bits per heavy atom. The Bertz CT molecular complexity index is 194. The van der Waals surface area contributed by atoms with E-state index in [2.05, 4.69) is 36.7 Å². The smallest absolute Gasteiger partial charge is 0.00182 e. The van der Waals surface area contributed by atoms with Gasteiger partial charge in [0.1, 0.15) is 0 Å². The van der Waals surface area contributed by atoms with Gasteiger partial charge in [0.25, 0.3) is 0 Å². The molecule has 1 rings (SSSR count). The monoisotopic (exact) mass is 138 g/mol. The molecule has 0 saturated carbocycles. The van der Waals surface area contributed by atoms with Gasteiger partial charge in [0.15, 0.2) is 0 Å². The molecule has 1 heterocycles. The zero-order chi connectivity index (χ0) is 6.69. The van der Waals surface area contributed by atoms with Crippen molar-refractivity contribution in [1.29, 1.82) is 0 Å². The van der Waals surface area contributed by atoms with Crippen LogP contribution in [0, 0.1) is 0 Å². The van der Waals surface area contributed by atoms with Crippen molar-refractivity contribution >= 4 is 16.9 Å². The highest BCUT2D eigenvalue weighted by atomic mass is 32.1. The number of thiophene rings is 1. The normalized spacial score (nSPS) is 12.0. The van der Waals surface area contributed by atoms with Crippen molar-refractivity contribution in [3.05, 3.63) is 28.5 Å². The highest BCUT2D eigenvalue weighted by Gasteiger charge is 1.90. The van der Waals surface area contributed by atoms with E-state index in [4.69, 9.17) is 0 Å². The standard InChI is InChI=1S/C8H10S/c1-3-7(2)8-4-5-9-6-8/h3-6H,1-2H3/b7-3+. The Morgan fingerprint density at radius 1 is 1.67 bits per heavy atom. The van der Waals surface area contributed by atoms with E-state index in [0.29, 0.717) is 0 Å². The number of allylic oxidation sites excluding steroid dienone is 2. The molecular weight excluding hydrogens is 128 g/mol. The molecule has 0 saturated heterocycles. The van der Waals surface area contributed by atoms with Gasteiger partial charge < -0.3 is 0 Å². The molecule has 1 heteroatoms. The van der Waals surface area contributed by atoms with E-state index in [1.54, 1.807) is 11.3 Å². The molecule has 48 valence electrons. The van der Waals surface area contributed by atoms with Crippen LogP contribution < -0.4 is 0 Å². The van der Waals surface area contributed by atoms with Crippen molar-refractivity contribution in [2.45, 2.75) is 13.8 Å². The highest BCUT2D eigenvalue weighted by molar-refractivity contribution is 7.08. The quantitative estimate of drug-likeness (QED) is 0.559. The van der Waals surface area contributed by atoms with Gasteiger partial charge in [-0.05, 0) is 41.8 Å². The molecule has 0 radical (unpaired) electrons. The van der Waals surface area contributed by atoms with Gasteiger partial charge in [-0.2, -0.15) is 11.3 Å². The zero-order valence-electron chi connectivity index (χ0n) is 5.72. The molecule has 0 nitrogen and oxygen atoms in total. The predicted octanol–water partition coefficient (Wildman–Crippen LogP) is 3.17. The van der Waals surface area contributed by atoms with Crippen LogP contribution in [0.2, 0.25) is 0 Å². The minimum Gasteiger partial charge on any atom is -0.152 e. The molecule has 0 aliphatic heterocycles. The average Bonchev–Trinajstić information content (AvgIpc) is 2.37. The Morgan fingerprint density at radius 2 is 2.44 bits per heavy atom. The van der Waals surface area contributed by atoms with Crippen LogP contribution in [0.4, 0.5) is 0 Å². The molecule has 0 atom stereocenters. The second-order valence-electron chi connectivity index (χ2n) is 1.98. The third kappa shape index (κ3) is 1.42. The Labute approximate surface area is 59.8 Å². The van der Waals surface area contributed by atoms with Crippen LogP contribution in [0.3, 0.4) is 0 Å². The lowest BCUT2D eigenvalue weighted by Crippen LogP contribution is -1.68. The van der Waals surface area contributed by atoms with Crippen LogP contribution in [-0.2, 0) is 0 Å². The molecule has 1 aromatic rings. The van der Waals surface area contributed by atoms with Gasteiger partial charge >= 0.3 is 0 Å². The van der Waals surface area contributed by atoms with E-state index in [1.807, 2.05) is 0 Å². The van der Waals surface area contributed by atoms with Crippen LogP contribution in [0.25, 0.3) is 5.57 Å². The van der Waals surface area contributed by atoms with Crippen molar-refractivity contribution in [2.24, 2.45) is 0 Å². The van der Waals surface area contributed by atoms with Gasteiger partial charge in [-0.15, -0.1) is 0 Å². The molecule has 0 bridgehead atoms. The lowest BCUT2D eigenvalue weighted by atomic mass is 10.2. The van der Waals surface area contributed by atoms with Gasteiger partial charge in [-0.1, -0.05) is 6.08 Å². The third-order valence-corrected chi connectivity index (χ3v) is 2.09. The first-order chi connectivity index (χ1) is 4.34. The van der Waals surface area contributed by atoms with Crippen LogP contribution in [0.15, 0.2) is 22.9 Å². The molecule has 0 amide bonds. The SMILES string of the molecule is C/C=C(\C)c1ccsc1. The number of rotatable bonds is 1. The zero-order valence-corrected chi connectivity index (χ0v) is 6.53. The maximum atomic E-state index is 2.16. The van der Waals surface area contributed by atoms with Gasteiger partial charge in [0.2, 0.25) is 0 Å². The topological polar surface area (TPSA) is 0 Å². The van der Waals surface area contributed by atoms with Crippen molar-refractivity contribution in [3.63, 3.8) is 0 Å². The van der Waals surface area contributed by atoms with Gasteiger partial charge in [0.05, 0.1) is 0 Å². The van der Waals surface area contributed by atoms with E-state index >= 15 is 0 Å². The van der Waals surface area contributed by atoms with Crippen LogP contribution in [-0.4, -0.2) is 0 Å². The molecule has 0 unspecified atom stereocenters. The molecule has 9 heavy (non-hydrogen) atoms. The molecule has 0 spiro atoms. The minimum atomic E-state index is 1.35. The Balaban J connectivity index is 2.90. The maximum absolute atomic E-state index is 2.16. The summed E-state index contributed by atoms with van der Waals surface area (Å²) in [7, 11) is 0. The summed E-state index contributed by atoms with van der Waals surface area (Å²) in [6.07, 6.45) is 2.13. The summed E-state index contributed by atoms with van der Waals surface area (Å²) in [6, 6.07) is 2.14. The van der Waals surface area contributed by atoms with Crippen molar-refractivity contribution in [1.82, 2.24) is 0 Å². The molecule has 1 aromatic heterocycles. The molecule has 0 fully saturated rings. The highest BCUT2D eigenvalue weighted by Crippen LogP contribution is 2.15. The average molecular weight is 138 g/mol. The summed E-state index contributed by atoms with van der Waals surface area (Å²) < 4.78 is 0. The fraction of sp³-hybridized carbons (Fsp3) is 0.250. The lowest BCUT2D eigenvalue weighted by Gasteiger charge is -1.90. The summed E-state index contributed by atoms with van der Waals surface area (Å²) in [5.74, 6) is 0. The van der Waals surface area contributed by atoms with Gasteiger partial charge in [-0.25, -0.2) is 0 Å². The number of hydrogen-bond donors (Lipinski definition) is 0. The van der Waals surface area contributed by atoms with Crippen LogP contribution >= 0.6 is 11.3 Å². The minimum absolute atomic E-state index is 1.35. The van der Waals surface area contributed by atoms with Gasteiger partial charge in [0, 0.05) is 0 Å². The van der Waals surface area contributed by atoms with Crippen molar-refractivity contribution in [3.8, 4) is 0 Å². The Kier molecular flexibility index (Phi) is 2.06. The molecular formula is C8H10S. The summed E-state index contributed by atoms with van der Waals surface area (Å²) in [5, 5.41) is 4.26. The van der Waals surface area contributed by atoms with Crippen molar-refractivity contribution in [2.75, 3.05) is 0 Å². The summed E-state index contributed by atoms with van der Waals surface area (Å²) in [6.45, 7) is 4.19. The Hall–Kier alpha value is -0.560. The number of hydrogen-bond acceptors (Lipinski definition) is 1. The lowest BCUT2D eigenvalue weighted by molar-refractivity contribution is 1.60. The van der Waals surface area contributed by atoms with E-state index in [1.165, 1.54) is 11.1 Å². The second kappa shape index (κ2) is 2.83. The van der Waals surface area contributed by atoms with Crippen LogP contribution in [0.5, 0.6) is 0 Å². The predicted molar refractivity (Wildman–Crippen MR) is 43.6 cm³/mol. The molecule has 0 aliphatic rings. The fourth-order valence-corrected chi connectivity index (χ4v) is 1.37. The molecule has 0 aliphatic carbocycles. The van der Waals surface area contributed by atoms with E-state index in [9.17, 15) is 0 Å². The third-order valence-electron chi connectivity index (χ3n) is 1.41. The second-order valence-corrected chi connectivity index (χ2v) is 2.76. The van der Waals surface area contributed by atoms with Crippen LogP contribution in [0.1, 0.15) is 19.4 Å².